The predicted molar refractivity (Wildman–Crippen MR) is 114 cm³/mol. The van der Waals surface area contributed by atoms with Gasteiger partial charge >= 0.3 is 0 Å². The number of nitrogens with zero attached hydrogens (tertiary/aromatic N) is 4. The first-order valence-corrected chi connectivity index (χ1v) is 11.3. The first-order valence-electron chi connectivity index (χ1n) is 8.27. The molecule has 4 rings (SSSR count). The second-order valence-electron chi connectivity index (χ2n) is 5.82. The third-order valence-corrected chi connectivity index (χ3v) is 6.65. The fraction of sp³-hybridized carbons (Fsp3) is 0. The molecule has 9 nitrogen and oxygen atoms in total. The predicted octanol–water partition coefficient (Wildman–Crippen LogP) is 4.16. The minimum atomic E-state index is -3.92. The highest BCUT2D eigenvalue weighted by Gasteiger charge is 2.20. The Morgan fingerprint density at radius 2 is 2.10 bits per heavy atom. The first kappa shape index (κ1) is 20.0. The van der Waals surface area contributed by atoms with Crippen LogP contribution in [0.1, 0.15) is 5.56 Å². The lowest BCUT2D eigenvalue weighted by Gasteiger charge is -2.13. The van der Waals surface area contributed by atoms with Gasteiger partial charge in [-0.2, -0.15) is 14.7 Å². The molecule has 0 fully saturated rings. The van der Waals surface area contributed by atoms with Gasteiger partial charge < -0.3 is 4.74 Å². The molecule has 0 unspecified atom stereocenters. The standard InChI is InChI=1S/C18H11BrN6O3S2/c19-14-2-1-3-16(17(14)12-8-22-23-9-12)28-15-5-4-13(6-11(15)7-20)30(26,27)25-18-21-10-24-29-18/h1-6,8-10H,(H,22,23)(H,21,24,25). The molecule has 12 heteroatoms. The highest BCUT2D eigenvalue weighted by molar-refractivity contribution is 9.10. The smallest absolute Gasteiger partial charge is 0.263 e. The molecule has 0 atom stereocenters. The molecule has 0 aliphatic rings. The molecular formula is C18H11BrN6O3S2. The lowest BCUT2D eigenvalue weighted by atomic mass is 10.1. The quantitative estimate of drug-likeness (QED) is 0.404. The van der Waals surface area contributed by atoms with Crippen molar-refractivity contribution in [2.75, 3.05) is 4.72 Å². The van der Waals surface area contributed by atoms with Crippen LogP contribution in [0, 0.1) is 11.3 Å². The average Bonchev–Trinajstić information content (AvgIpc) is 3.42. The van der Waals surface area contributed by atoms with Crippen molar-refractivity contribution >= 4 is 42.6 Å². The van der Waals surface area contributed by atoms with Gasteiger partial charge in [-0.05, 0) is 30.3 Å². The number of nitrogens with one attached hydrogen (secondary N) is 2. The van der Waals surface area contributed by atoms with Gasteiger partial charge in [0.25, 0.3) is 10.0 Å². The van der Waals surface area contributed by atoms with Crippen LogP contribution in [-0.2, 0) is 10.0 Å². The van der Waals surface area contributed by atoms with Gasteiger partial charge in [0.2, 0.25) is 5.13 Å². The van der Waals surface area contributed by atoms with Crippen molar-refractivity contribution in [1.82, 2.24) is 19.6 Å². The maximum atomic E-state index is 12.6. The zero-order valence-electron chi connectivity index (χ0n) is 14.9. The van der Waals surface area contributed by atoms with E-state index in [9.17, 15) is 13.7 Å². The summed E-state index contributed by atoms with van der Waals surface area (Å²) in [6, 6.07) is 11.4. The van der Waals surface area contributed by atoms with Crippen LogP contribution < -0.4 is 9.46 Å². The van der Waals surface area contributed by atoms with Crippen molar-refractivity contribution in [2.45, 2.75) is 4.90 Å². The lowest BCUT2D eigenvalue weighted by molar-refractivity contribution is 0.482. The average molecular weight is 503 g/mol. The SMILES string of the molecule is N#Cc1cc(S(=O)(=O)Nc2ncns2)ccc1Oc1cccc(Br)c1-c1cn[nH]c1. The normalized spacial score (nSPS) is 11.1. The van der Waals surface area contributed by atoms with Crippen molar-refractivity contribution in [1.29, 1.82) is 5.26 Å². The van der Waals surface area contributed by atoms with E-state index >= 15 is 0 Å². The molecule has 2 N–H and O–H groups in total. The molecule has 0 aliphatic carbocycles. The minimum Gasteiger partial charge on any atom is -0.455 e. The zero-order valence-corrected chi connectivity index (χ0v) is 18.1. The number of benzene rings is 2. The minimum absolute atomic E-state index is 0.0632. The number of H-pyrrole nitrogens is 1. The van der Waals surface area contributed by atoms with E-state index in [1.807, 2.05) is 12.1 Å². The number of anilines is 1. The van der Waals surface area contributed by atoms with Crippen LogP contribution in [-0.4, -0.2) is 28.0 Å². The number of nitriles is 1. The fourth-order valence-corrected chi connectivity index (χ4v) is 4.88. The van der Waals surface area contributed by atoms with E-state index < -0.39 is 10.0 Å². The maximum absolute atomic E-state index is 12.6. The van der Waals surface area contributed by atoms with Crippen LogP contribution in [0.2, 0.25) is 0 Å². The number of aromatic amines is 1. The second-order valence-corrected chi connectivity index (χ2v) is 9.14. The first-order chi connectivity index (χ1) is 14.5. The van der Waals surface area contributed by atoms with Gasteiger partial charge in [-0.25, -0.2) is 13.4 Å². The molecule has 0 amide bonds. The van der Waals surface area contributed by atoms with Crippen molar-refractivity contribution < 1.29 is 13.2 Å². The summed E-state index contributed by atoms with van der Waals surface area (Å²) in [6.45, 7) is 0. The highest BCUT2D eigenvalue weighted by atomic mass is 79.9. The Kier molecular flexibility index (Phi) is 5.49. The monoisotopic (exact) mass is 502 g/mol. The summed E-state index contributed by atoms with van der Waals surface area (Å²) in [5.41, 5.74) is 1.59. The lowest BCUT2D eigenvalue weighted by Crippen LogP contribution is -2.13. The Morgan fingerprint density at radius 3 is 2.80 bits per heavy atom. The topological polar surface area (TPSA) is 134 Å². The molecule has 150 valence electrons. The number of hydrogen-bond acceptors (Lipinski definition) is 8. The Labute approximate surface area is 183 Å². The Morgan fingerprint density at radius 1 is 1.23 bits per heavy atom. The van der Waals surface area contributed by atoms with E-state index in [1.165, 1.54) is 24.5 Å². The van der Waals surface area contributed by atoms with Crippen molar-refractivity contribution in [2.24, 2.45) is 0 Å². The number of ether oxygens (including phenoxy) is 1. The maximum Gasteiger partial charge on any atom is 0.263 e. The summed E-state index contributed by atoms with van der Waals surface area (Å²) in [6.07, 6.45) is 4.61. The summed E-state index contributed by atoms with van der Waals surface area (Å²) in [5, 5.41) is 16.4. The summed E-state index contributed by atoms with van der Waals surface area (Å²) >= 11 is 4.41. The van der Waals surface area contributed by atoms with Gasteiger partial charge in [0, 0.05) is 33.3 Å². The van der Waals surface area contributed by atoms with Gasteiger partial charge in [0.05, 0.1) is 16.7 Å². The molecule has 4 aromatic rings. The second kappa shape index (κ2) is 8.23. The van der Waals surface area contributed by atoms with Gasteiger partial charge in [-0.3, -0.25) is 9.82 Å². The zero-order chi connectivity index (χ0) is 21.1. The van der Waals surface area contributed by atoms with Gasteiger partial charge in [0.15, 0.2) is 0 Å². The highest BCUT2D eigenvalue weighted by Crippen LogP contribution is 2.39. The van der Waals surface area contributed by atoms with Crippen LogP contribution in [0.3, 0.4) is 0 Å². The molecular weight excluding hydrogens is 492 g/mol. The van der Waals surface area contributed by atoms with Crippen LogP contribution in [0.4, 0.5) is 5.13 Å². The summed E-state index contributed by atoms with van der Waals surface area (Å²) in [5.74, 6) is 0.695. The molecule has 0 saturated carbocycles. The van der Waals surface area contributed by atoms with E-state index in [1.54, 1.807) is 24.5 Å². The molecule has 2 heterocycles. The fourth-order valence-electron chi connectivity index (χ4n) is 2.62. The molecule has 0 spiro atoms. The van der Waals surface area contributed by atoms with Gasteiger partial charge in [-0.15, -0.1) is 0 Å². The van der Waals surface area contributed by atoms with Crippen LogP contribution in [0.5, 0.6) is 11.5 Å². The third kappa shape index (κ3) is 4.04. The van der Waals surface area contributed by atoms with E-state index in [-0.39, 0.29) is 21.3 Å². The number of halogens is 1. The summed E-state index contributed by atoms with van der Waals surface area (Å²) < 4.78 is 37.9. The molecule has 0 bridgehead atoms. The molecule has 0 radical (unpaired) electrons. The Balaban J connectivity index is 1.69. The summed E-state index contributed by atoms with van der Waals surface area (Å²) in [7, 11) is -3.92. The molecule has 0 saturated heterocycles. The Bertz CT molecular complexity index is 1330. The molecule has 0 aliphatic heterocycles. The van der Waals surface area contributed by atoms with E-state index in [0.29, 0.717) is 5.75 Å². The largest absolute Gasteiger partial charge is 0.455 e. The van der Waals surface area contributed by atoms with E-state index in [2.05, 4.69) is 40.2 Å². The summed E-state index contributed by atoms with van der Waals surface area (Å²) in [4.78, 5) is 3.71. The number of rotatable bonds is 6. The molecule has 2 aromatic heterocycles. The third-order valence-electron chi connectivity index (χ3n) is 3.95. The van der Waals surface area contributed by atoms with Crippen LogP contribution >= 0.6 is 27.5 Å². The van der Waals surface area contributed by atoms with E-state index in [0.717, 1.165) is 27.1 Å². The van der Waals surface area contributed by atoms with Gasteiger partial charge in [0.1, 0.15) is 23.9 Å². The number of sulfonamides is 1. The van der Waals surface area contributed by atoms with E-state index in [4.69, 9.17) is 4.74 Å². The van der Waals surface area contributed by atoms with Crippen LogP contribution in [0.15, 0.2) is 64.5 Å². The van der Waals surface area contributed by atoms with Crippen LogP contribution in [0.25, 0.3) is 11.1 Å². The van der Waals surface area contributed by atoms with Crippen molar-refractivity contribution in [3.63, 3.8) is 0 Å². The molecule has 30 heavy (non-hydrogen) atoms. The van der Waals surface area contributed by atoms with Crippen molar-refractivity contribution in [3.8, 4) is 28.7 Å². The Hall–Kier alpha value is -3.27. The molecule has 2 aromatic carbocycles. The van der Waals surface area contributed by atoms with Gasteiger partial charge in [-0.1, -0.05) is 22.0 Å². The van der Waals surface area contributed by atoms with Crippen molar-refractivity contribution in [3.05, 3.63) is 65.2 Å². The number of aromatic nitrogens is 4. The number of hydrogen-bond donors (Lipinski definition) is 2.